The monoisotopic (exact) mass is 276 g/mol. The summed E-state index contributed by atoms with van der Waals surface area (Å²) < 4.78 is 0. The van der Waals surface area contributed by atoms with E-state index in [2.05, 4.69) is 5.32 Å². The van der Waals surface area contributed by atoms with Crippen molar-refractivity contribution >= 4 is 5.91 Å². The third-order valence-electron chi connectivity index (χ3n) is 4.12. The Morgan fingerprint density at radius 1 is 1.25 bits per heavy atom. The lowest BCUT2D eigenvalue weighted by Crippen LogP contribution is -2.46. The lowest BCUT2D eigenvalue weighted by Gasteiger charge is -2.30. The summed E-state index contributed by atoms with van der Waals surface area (Å²) >= 11 is 0. The van der Waals surface area contributed by atoms with E-state index in [4.69, 9.17) is 5.73 Å². The molecule has 20 heavy (non-hydrogen) atoms. The summed E-state index contributed by atoms with van der Waals surface area (Å²) in [7, 11) is 0. The van der Waals surface area contributed by atoms with Crippen molar-refractivity contribution in [1.82, 2.24) is 5.32 Å². The van der Waals surface area contributed by atoms with E-state index in [0.29, 0.717) is 18.9 Å². The van der Waals surface area contributed by atoms with E-state index in [1.54, 1.807) is 24.3 Å². The molecule has 1 aromatic rings. The molecule has 0 aromatic heterocycles. The number of carbonyl (C=O) groups excluding carboxylic acids is 1. The highest BCUT2D eigenvalue weighted by molar-refractivity contribution is 5.78. The molecule has 0 bridgehead atoms. The molecule has 0 aliphatic heterocycles. The second kappa shape index (κ2) is 7.29. The second-order valence-corrected chi connectivity index (χ2v) is 5.65. The first-order valence-corrected chi connectivity index (χ1v) is 7.46. The largest absolute Gasteiger partial charge is 0.508 e. The Balaban J connectivity index is 1.86. The zero-order valence-electron chi connectivity index (χ0n) is 11.8. The average Bonchev–Trinajstić information content (AvgIpc) is 2.48. The van der Waals surface area contributed by atoms with Gasteiger partial charge in [0, 0.05) is 12.6 Å². The van der Waals surface area contributed by atoms with Gasteiger partial charge in [-0.1, -0.05) is 31.4 Å². The summed E-state index contributed by atoms with van der Waals surface area (Å²) in [5, 5.41) is 12.3. The molecule has 1 saturated carbocycles. The Hall–Kier alpha value is -1.55. The standard InChI is InChI=1S/C16H24N2O2/c17-11-15(13-4-2-1-3-5-13)18-16(20)10-12-6-8-14(19)9-7-12/h6-9,13,15,19H,1-5,10-11,17H2,(H,18,20). The lowest BCUT2D eigenvalue weighted by molar-refractivity contribution is -0.121. The van der Waals surface area contributed by atoms with Gasteiger partial charge in [0.25, 0.3) is 0 Å². The highest BCUT2D eigenvalue weighted by Crippen LogP contribution is 2.26. The Morgan fingerprint density at radius 2 is 1.90 bits per heavy atom. The SMILES string of the molecule is NCC(NC(=O)Cc1ccc(O)cc1)C1CCCCC1. The zero-order valence-corrected chi connectivity index (χ0v) is 11.8. The van der Waals surface area contributed by atoms with Crippen LogP contribution in [0.3, 0.4) is 0 Å². The van der Waals surface area contributed by atoms with E-state index in [9.17, 15) is 9.90 Å². The molecule has 1 aliphatic rings. The van der Waals surface area contributed by atoms with Gasteiger partial charge >= 0.3 is 0 Å². The summed E-state index contributed by atoms with van der Waals surface area (Å²) in [5.41, 5.74) is 6.72. The van der Waals surface area contributed by atoms with E-state index in [-0.39, 0.29) is 17.7 Å². The van der Waals surface area contributed by atoms with Crippen LogP contribution in [0.25, 0.3) is 0 Å². The van der Waals surface area contributed by atoms with E-state index in [1.807, 2.05) is 0 Å². The van der Waals surface area contributed by atoms with Crippen molar-refractivity contribution in [3.05, 3.63) is 29.8 Å². The predicted molar refractivity (Wildman–Crippen MR) is 79.4 cm³/mol. The van der Waals surface area contributed by atoms with Gasteiger partial charge in [-0.15, -0.1) is 0 Å². The van der Waals surface area contributed by atoms with Gasteiger partial charge in [0.05, 0.1) is 6.42 Å². The quantitative estimate of drug-likeness (QED) is 0.769. The zero-order chi connectivity index (χ0) is 14.4. The Labute approximate surface area is 120 Å². The van der Waals surface area contributed by atoms with Crippen LogP contribution in [-0.2, 0) is 11.2 Å². The molecule has 1 fully saturated rings. The first kappa shape index (κ1) is 14.9. The van der Waals surface area contributed by atoms with Crippen molar-refractivity contribution in [1.29, 1.82) is 0 Å². The van der Waals surface area contributed by atoms with Crippen molar-refractivity contribution in [3.63, 3.8) is 0 Å². The molecular formula is C16H24N2O2. The van der Waals surface area contributed by atoms with Crippen LogP contribution in [0.15, 0.2) is 24.3 Å². The second-order valence-electron chi connectivity index (χ2n) is 5.65. The van der Waals surface area contributed by atoms with Gasteiger partial charge < -0.3 is 16.2 Å². The van der Waals surface area contributed by atoms with Crippen LogP contribution in [0.5, 0.6) is 5.75 Å². The average molecular weight is 276 g/mol. The molecule has 1 amide bonds. The number of phenolic OH excluding ortho intramolecular Hbond substituents is 1. The maximum Gasteiger partial charge on any atom is 0.224 e. The molecule has 4 nitrogen and oxygen atoms in total. The molecule has 0 heterocycles. The Morgan fingerprint density at radius 3 is 2.50 bits per heavy atom. The molecule has 4 heteroatoms. The van der Waals surface area contributed by atoms with Crippen molar-refractivity contribution in [2.45, 2.75) is 44.6 Å². The smallest absolute Gasteiger partial charge is 0.224 e. The summed E-state index contributed by atoms with van der Waals surface area (Å²) in [6, 6.07) is 6.84. The van der Waals surface area contributed by atoms with Gasteiger partial charge in [-0.2, -0.15) is 0 Å². The van der Waals surface area contributed by atoms with Crippen LogP contribution >= 0.6 is 0 Å². The Kier molecular flexibility index (Phi) is 5.41. The van der Waals surface area contributed by atoms with Crippen LogP contribution in [0.4, 0.5) is 0 Å². The maximum atomic E-state index is 12.1. The van der Waals surface area contributed by atoms with Gasteiger partial charge in [-0.05, 0) is 36.5 Å². The van der Waals surface area contributed by atoms with Crippen LogP contribution in [0.2, 0.25) is 0 Å². The van der Waals surface area contributed by atoms with Crippen LogP contribution in [0, 0.1) is 5.92 Å². The summed E-state index contributed by atoms with van der Waals surface area (Å²) in [6.07, 6.45) is 6.46. The maximum absolute atomic E-state index is 12.1. The summed E-state index contributed by atoms with van der Waals surface area (Å²) in [5.74, 6) is 0.755. The predicted octanol–water partition coefficient (Wildman–Crippen LogP) is 1.96. The topological polar surface area (TPSA) is 75.3 Å². The van der Waals surface area contributed by atoms with Crippen molar-refractivity contribution in [2.75, 3.05) is 6.54 Å². The number of amides is 1. The molecule has 1 atom stereocenters. The molecule has 0 spiro atoms. The lowest BCUT2D eigenvalue weighted by atomic mass is 9.84. The van der Waals surface area contributed by atoms with E-state index < -0.39 is 0 Å². The minimum absolute atomic E-state index is 0.0108. The first-order valence-electron chi connectivity index (χ1n) is 7.46. The van der Waals surface area contributed by atoms with E-state index in [1.165, 1.54) is 32.1 Å². The van der Waals surface area contributed by atoms with Crippen LogP contribution < -0.4 is 11.1 Å². The minimum atomic E-state index is 0.0108. The molecule has 0 radical (unpaired) electrons. The molecular weight excluding hydrogens is 252 g/mol. The molecule has 1 aliphatic carbocycles. The van der Waals surface area contributed by atoms with E-state index >= 15 is 0 Å². The molecule has 0 saturated heterocycles. The highest BCUT2D eigenvalue weighted by Gasteiger charge is 2.23. The van der Waals surface area contributed by atoms with Gasteiger partial charge in [-0.3, -0.25) is 4.79 Å². The summed E-state index contributed by atoms with van der Waals surface area (Å²) in [6.45, 7) is 0.506. The number of phenols is 1. The van der Waals surface area contributed by atoms with Crippen molar-refractivity contribution in [3.8, 4) is 5.75 Å². The normalized spacial score (nSPS) is 17.6. The number of carbonyl (C=O) groups is 1. The molecule has 2 rings (SSSR count). The van der Waals surface area contributed by atoms with Crippen molar-refractivity contribution in [2.24, 2.45) is 11.7 Å². The highest BCUT2D eigenvalue weighted by atomic mass is 16.3. The number of aromatic hydroxyl groups is 1. The minimum Gasteiger partial charge on any atom is -0.508 e. The van der Waals surface area contributed by atoms with Gasteiger partial charge in [-0.25, -0.2) is 0 Å². The number of hydrogen-bond acceptors (Lipinski definition) is 3. The number of rotatable bonds is 5. The first-order chi connectivity index (χ1) is 9.69. The molecule has 1 unspecified atom stereocenters. The fourth-order valence-corrected chi connectivity index (χ4v) is 2.96. The van der Waals surface area contributed by atoms with Crippen LogP contribution in [0.1, 0.15) is 37.7 Å². The number of benzene rings is 1. The Bertz CT molecular complexity index is 425. The third-order valence-corrected chi connectivity index (χ3v) is 4.12. The summed E-state index contributed by atoms with van der Waals surface area (Å²) in [4.78, 5) is 12.1. The fraction of sp³-hybridized carbons (Fsp3) is 0.562. The number of nitrogens with one attached hydrogen (secondary N) is 1. The molecule has 4 N–H and O–H groups in total. The molecule has 1 aromatic carbocycles. The molecule has 110 valence electrons. The third kappa shape index (κ3) is 4.23. The number of hydrogen-bond donors (Lipinski definition) is 3. The number of nitrogens with two attached hydrogens (primary N) is 1. The van der Waals surface area contributed by atoms with Gasteiger partial charge in [0.1, 0.15) is 5.75 Å². The van der Waals surface area contributed by atoms with E-state index in [0.717, 1.165) is 5.56 Å². The van der Waals surface area contributed by atoms with Crippen molar-refractivity contribution < 1.29 is 9.90 Å². The van der Waals surface area contributed by atoms with Crippen LogP contribution in [-0.4, -0.2) is 23.6 Å². The van der Waals surface area contributed by atoms with Gasteiger partial charge in [0.15, 0.2) is 0 Å². The fourth-order valence-electron chi connectivity index (χ4n) is 2.96. The van der Waals surface area contributed by atoms with Gasteiger partial charge in [0.2, 0.25) is 5.91 Å².